The van der Waals surface area contributed by atoms with Crippen molar-refractivity contribution in [3.05, 3.63) is 60.8 Å². The predicted molar refractivity (Wildman–Crippen MR) is 108 cm³/mol. The van der Waals surface area contributed by atoms with Crippen molar-refractivity contribution in [2.75, 3.05) is 0 Å². The summed E-state index contributed by atoms with van der Waals surface area (Å²) in [6.07, 6.45) is 1.25. The van der Waals surface area contributed by atoms with E-state index in [0.29, 0.717) is 0 Å². The number of phenols is 6. The zero-order valence-electron chi connectivity index (χ0n) is 15.4. The quantitative estimate of drug-likeness (QED) is 0.303. The third kappa shape index (κ3) is 3.06. The average molecular weight is 404 g/mol. The van der Waals surface area contributed by atoms with Gasteiger partial charge in [-0.25, -0.2) is 9.97 Å². The van der Waals surface area contributed by atoms with Gasteiger partial charge in [-0.3, -0.25) is 0 Å². The van der Waals surface area contributed by atoms with Crippen molar-refractivity contribution in [3.8, 4) is 68.3 Å². The number of hydrogen-bond acceptors (Lipinski definition) is 8. The van der Waals surface area contributed by atoms with Gasteiger partial charge in [-0.05, 0) is 36.4 Å². The molecule has 0 saturated carbocycles. The van der Waals surface area contributed by atoms with Gasteiger partial charge in [-0.2, -0.15) is 0 Å². The molecule has 1 heterocycles. The molecule has 150 valence electrons. The summed E-state index contributed by atoms with van der Waals surface area (Å²) < 4.78 is 0. The maximum absolute atomic E-state index is 10.4. The molecule has 4 aromatic rings. The van der Waals surface area contributed by atoms with Crippen molar-refractivity contribution in [3.63, 3.8) is 0 Å². The van der Waals surface area contributed by atoms with E-state index in [9.17, 15) is 30.6 Å². The molecule has 0 radical (unpaired) electrons. The number of aromatic hydroxyl groups is 6. The van der Waals surface area contributed by atoms with E-state index in [0.717, 1.165) is 0 Å². The predicted octanol–water partition coefficient (Wildman–Crippen LogP) is 3.71. The largest absolute Gasteiger partial charge is 0.507 e. The highest BCUT2D eigenvalue weighted by Gasteiger charge is 2.23. The van der Waals surface area contributed by atoms with E-state index in [2.05, 4.69) is 9.97 Å². The minimum atomic E-state index is -0.308. The van der Waals surface area contributed by atoms with Crippen molar-refractivity contribution in [2.45, 2.75) is 0 Å². The molecule has 0 spiro atoms. The maximum atomic E-state index is 10.4. The molecule has 0 fully saturated rings. The Hall–Kier alpha value is -4.46. The molecule has 8 nitrogen and oxygen atoms in total. The lowest BCUT2D eigenvalue weighted by molar-refractivity contribution is 0.451. The molecule has 0 bridgehead atoms. The highest BCUT2D eigenvalue weighted by atomic mass is 16.3. The van der Waals surface area contributed by atoms with E-state index in [1.165, 1.54) is 60.8 Å². The summed E-state index contributed by atoms with van der Waals surface area (Å²) in [5, 5.41) is 61.7. The monoisotopic (exact) mass is 404 g/mol. The van der Waals surface area contributed by atoms with Gasteiger partial charge in [0.15, 0.2) is 5.82 Å². The number of nitrogens with zero attached hydrogens (tertiary/aromatic N) is 2. The van der Waals surface area contributed by atoms with Gasteiger partial charge in [0.25, 0.3) is 0 Å². The van der Waals surface area contributed by atoms with Crippen LogP contribution in [0.2, 0.25) is 0 Å². The lowest BCUT2D eigenvalue weighted by Gasteiger charge is -2.15. The van der Waals surface area contributed by atoms with Gasteiger partial charge in [-0.15, -0.1) is 0 Å². The Morgan fingerprint density at radius 3 is 1.37 bits per heavy atom. The molecule has 0 unspecified atom stereocenters. The Balaban J connectivity index is 2.08. The fraction of sp³-hybridized carbons (Fsp3) is 0. The molecule has 8 heteroatoms. The van der Waals surface area contributed by atoms with E-state index in [4.69, 9.17) is 0 Å². The van der Waals surface area contributed by atoms with Crippen LogP contribution in [0, 0.1) is 0 Å². The number of hydrogen-bond donors (Lipinski definition) is 6. The molecule has 0 atom stereocenters. The van der Waals surface area contributed by atoms with Gasteiger partial charge >= 0.3 is 0 Å². The average Bonchev–Trinajstić information content (AvgIpc) is 2.69. The second kappa shape index (κ2) is 7.17. The van der Waals surface area contributed by atoms with Crippen LogP contribution in [0.1, 0.15) is 0 Å². The first-order valence-electron chi connectivity index (χ1n) is 8.79. The Morgan fingerprint density at radius 1 is 0.500 bits per heavy atom. The molecular weight excluding hydrogens is 388 g/mol. The van der Waals surface area contributed by atoms with Crippen LogP contribution in [-0.4, -0.2) is 40.6 Å². The molecule has 3 aromatic carbocycles. The van der Waals surface area contributed by atoms with Crippen molar-refractivity contribution in [1.29, 1.82) is 0 Å². The van der Waals surface area contributed by atoms with Crippen LogP contribution >= 0.6 is 0 Å². The van der Waals surface area contributed by atoms with Crippen LogP contribution in [0.25, 0.3) is 33.8 Å². The Morgan fingerprint density at radius 2 is 0.900 bits per heavy atom. The van der Waals surface area contributed by atoms with Crippen LogP contribution in [0.3, 0.4) is 0 Å². The summed E-state index contributed by atoms with van der Waals surface area (Å²) in [4.78, 5) is 8.50. The summed E-state index contributed by atoms with van der Waals surface area (Å²) in [5.41, 5.74) is -0.0604. The zero-order chi connectivity index (χ0) is 21.4. The van der Waals surface area contributed by atoms with E-state index < -0.39 is 0 Å². The van der Waals surface area contributed by atoms with Gasteiger partial charge in [0.1, 0.15) is 40.1 Å². The molecule has 4 rings (SSSR count). The van der Waals surface area contributed by atoms with Gasteiger partial charge in [0.05, 0.1) is 16.8 Å². The topological polar surface area (TPSA) is 147 Å². The Bertz CT molecular complexity index is 1210. The summed E-state index contributed by atoms with van der Waals surface area (Å²) in [7, 11) is 0. The van der Waals surface area contributed by atoms with E-state index in [1.807, 2.05) is 0 Å². The molecule has 0 saturated heterocycles. The molecular formula is C22H16N2O6. The molecule has 0 aliphatic rings. The Labute approximate surface area is 170 Å². The van der Waals surface area contributed by atoms with Crippen LogP contribution in [0.15, 0.2) is 60.8 Å². The second-order valence-electron chi connectivity index (χ2n) is 6.47. The second-order valence-corrected chi connectivity index (χ2v) is 6.47. The fourth-order valence-corrected chi connectivity index (χ4v) is 3.21. The van der Waals surface area contributed by atoms with Gasteiger partial charge in [0, 0.05) is 11.8 Å². The molecule has 0 aliphatic carbocycles. The van der Waals surface area contributed by atoms with Gasteiger partial charge in [0.2, 0.25) is 0 Å². The van der Waals surface area contributed by atoms with Crippen LogP contribution < -0.4 is 0 Å². The van der Waals surface area contributed by atoms with Crippen molar-refractivity contribution >= 4 is 0 Å². The van der Waals surface area contributed by atoms with E-state index >= 15 is 0 Å². The van der Waals surface area contributed by atoms with Crippen molar-refractivity contribution < 1.29 is 30.6 Å². The number of benzene rings is 3. The molecule has 0 amide bonds. The smallest absolute Gasteiger partial charge is 0.167 e. The summed E-state index contributed by atoms with van der Waals surface area (Å²) in [5.74, 6) is -1.81. The van der Waals surface area contributed by atoms with Crippen molar-refractivity contribution in [1.82, 2.24) is 9.97 Å². The van der Waals surface area contributed by atoms with E-state index in [-0.39, 0.29) is 68.3 Å². The first kappa shape index (κ1) is 18.9. The lowest BCUT2D eigenvalue weighted by Crippen LogP contribution is -1.98. The third-order valence-electron chi connectivity index (χ3n) is 4.58. The number of aromatic nitrogens is 2. The van der Waals surface area contributed by atoms with Crippen LogP contribution in [-0.2, 0) is 0 Å². The summed E-state index contributed by atoms with van der Waals surface area (Å²) in [6, 6.07) is 12.4. The summed E-state index contributed by atoms with van der Waals surface area (Å²) in [6.45, 7) is 0. The SMILES string of the molecule is Oc1cccc(O)c1-c1ncc(-c2c(O)cccc2O)c(-c2c(O)cccc2O)n1. The third-order valence-corrected chi connectivity index (χ3v) is 4.58. The van der Waals surface area contributed by atoms with Gasteiger partial charge in [-0.1, -0.05) is 18.2 Å². The summed E-state index contributed by atoms with van der Waals surface area (Å²) >= 11 is 0. The fourth-order valence-electron chi connectivity index (χ4n) is 3.21. The number of rotatable bonds is 3. The Kier molecular flexibility index (Phi) is 4.51. The minimum Gasteiger partial charge on any atom is -0.507 e. The maximum Gasteiger partial charge on any atom is 0.167 e. The zero-order valence-corrected chi connectivity index (χ0v) is 15.4. The molecule has 1 aromatic heterocycles. The number of phenolic OH excluding ortho intramolecular Hbond substituents is 6. The highest BCUT2D eigenvalue weighted by molar-refractivity contribution is 5.91. The first-order chi connectivity index (χ1) is 14.4. The normalized spacial score (nSPS) is 10.8. The standard InChI is InChI=1S/C22H16N2O6/c25-12-4-1-5-13(26)18(12)11-10-23-22(20-16(29)8-3-9-17(20)30)24-21(11)19-14(27)6-2-7-15(19)28/h1-10,25-30H. The van der Waals surface area contributed by atoms with Crippen LogP contribution in [0.5, 0.6) is 34.5 Å². The van der Waals surface area contributed by atoms with Gasteiger partial charge < -0.3 is 30.6 Å². The lowest BCUT2D eigenvalue weighted by atomic mass is 9.97. The minimum absolute atomic E-state index is 0.0109. The molecule has 6 N–H and O–H groups in total. The van der Waals surface area contributed by atoms with Crippen LogP contribution in [0.4, 0.5) is 0 Å². The first-order valence-corrected chi connectivity index (χ1v) is 8.79. The van der Waals surface area contributed by atoms with Crippen molar-refractivity contribution in [2.24, 2.45) is 0 Å². The highest BCUT2D eigenvalue weighted by Crippen LogP contribution is 2.46. The molecule has 30 heavy (non-hydrogen) atoms. The van der Waals surface area contributed by atoms with E-state index in [1.54, 1.807) is 0 Å². The molecule has 0 aliphatic heterocycles.